The minimum absolute atomic E-state index is 0.792. The Kier molecular flexibility index (Phi) is 4.03. The first-order valence-corrected chi connectivity index (χ1v) is 6.50. The van der Waals surface area contributed by atoms with E-state index in [0.717, 1.165) is 34.3 Å². The molecule has 90 valence electrons. The molecular formula is C12H15N3OS. The van der Waals surface area contributed by atoms with Crippen LogP contribution in [-0.2, 0) is 12.2 Å². The van der Waals surface area contributed by atoms with Crippen LogP contribution in [0.5, 0.6) is 0 Å². The zero-order valence-electron chi connectivity index (χ0n) is 9.93. The summed E-state index contributed by atoms with van der Waals surface area (Å²) in [4.78, 5) is 8.54. The van der Waals surface area contributed by atoms with Crippen LogP contribution in [0.3, 0.4) is 0 Å². The van der Waals surface area contributed by atoms with Gasteiger partial charge in [-0.15, -0.1) is 0 Å². The van der Waals surface area contributed by atoms with Crippen molar-refractivity contribution in [3.63, 3.8) is 0 Å². The fraction of sp³-hybridized carbons (Fsp3) is 0.333. The highest BCUT2D eigenvalue weighted by atomic mass is 32.2. The Morgan fingerprint density at radius 3 is 2.94 bits per heavy atom. The van der Waals surface area contributed by atoms with Crippen LogP contribution in [0, 0.1) is 0 Å². The topological polar surface area (TPSA) is 51.0 Å². The van der Waals surface area contributed by atoms with Crippen LogP contribution < -0.4 is 5.32 Å². The van der Waals surface area contributed by atoms with Gasteiger partial charge in [0.25, 0.3) is 0 Å². The van der Waals surface area contributed by atoms with Crippen LogP contribution in [0.15, 0.2) is 34.2 Å². The summed E-state index contributed by atoms with van der Waals surface area (Å²) in [6.07, 6.45) is 4.20. The van der Waals surface area contributed by atoms with Crippen molar-refractivity contribution in [3.8, 4) is 0 Å². The second-order valence-corrected chi connectivity index (χ2v) is 4.44. The maximum atomic E-state index is 5.31. The Labute approximate surface area is 105 Å². The van der Waals surface area contributed by atoms with Gasteiger partial charge >= 0.3 is 0 Å². The molecule has 0 aliphatic heterocycles. The number of hydrogen-bond acceptors (Lipinski definition) is 5. The number of aromatic nitrogens is 2. The normalized spacial score (nSPS) is 10.5. The van der Waals surface area contributed by atoms with Crippen LogP contribution in [-0.4, -0.2) is 17.0 Å². The lowest BCUT2D eigenvalue weighted by Gasteiger charge is -2.09. The van der Waals surface area contributed by atoms with Gasteiger partial charge in [-0.3, -0.25) is 0 Å². The van der Waals surface area contributed by atoms with E-state index in [-0.39, 0.29) is 0 Å². The molecule has 0 fully saturated rings. The molecule has 1 N–H and O–H groups in total. The lowest BCUT2D eigenvalue weighted by molar-refractivity contribution is 0.530. The largest absolute Gasteiger partial charge is 0.468 e. The van der Waals surface area contributed by atoms with E-state index in [4.69, 9.17) is 4.42 Å². The maximum absolute atomic E-state index is 5.31. The molecule has 2 aromatic heterocycles. The van der Waals surface area contributed by atoms with Crippen LogP contribution >= 0.6 is 11.8 Å². The summed E-state index contributed by atoms with van der Waals surface area (Å²) in [5, 5.41) is 4.11. The van der Waals surface area contributed by atoms with Crippen molar-refractivity contribution in [2.24, 2.45) is 0 Å². The molecule has 0 aliphatic rings. The molecule has 0 amide bonds. The lowest BCUT2D eigenvalue weighted by atomic mass is 10.2. The molecule has 5 heteroatoms. The molecule has 0 aromatic carbocycles. The van der Waals surface area contributed by atoms with E-state index < -0.39 is 0 Å². The van der Waals surface area contributed by atoms with Crippen LogP contribution in [0.25, 0.3) is 0 Å². The van der Waals surface area contributed by atoms with Crippen molar-refractivity contribution in [3.05, 3.63) is 36.0 Å². The first kappa shape index (κ1) is 12.0. The molecule has 0 saturated heterocycles. The molecular weight excluding hydrogens is 234 g/mol. The first-order valence-electron chi connectivity index (χ1n) is 5.52. The van der Waals surface area contributed by atoms with Crippen molar-refractivity contribution < 1.29 is 4.42 Å². The van der Waals surface area contributed by atoms with Crippen molar-refractivity contribution in [1.82, 2.24) is 9.97 Å². The van der Waals surface area contributed by atoms with Gasteiger partial charge in [-0.05, 0) is 18.6 Å². The first-order chi connectivity index (χ1) is 8.35. The number of nitrogens with zero attached hydrogens (tertiary/aromatic N) is 2. The quantitative estimate of drug-likeness (QED) is 0.652. The summed E-state index contributed by atoms with van der Waals surface area (Å²) >= 11 is 1.67. The van der Waals surface area contributed by atoms with E-state index in [1.54, 1.807) is 24.4 Å². The van der Waals surface area contributed by atoms with E-state index in [2.05, 4.69) is 22.2 Å². The van der Waals surface area contributed by atoms with Gasteiger partial charge in [0.2, 0.25) is 0 Å². The van der Waals surface area contributed by atoms with E-state index in [1.807, 2.05) is 19.2 Å². The molecule has 0 bridgehead atoms. The Morgan fingerprint density at radius 1 is 1.41 bits per heavy atom. The predicted octanol–water partition coefficient (Wildman–Crippen LogP) is 2.97. The minimum Gasteiger partial charge on any atom is -0.468 e. The third-order valence-electron chi connectivity index (χ3n) is 2.43. The smallest absolute Gasteiger partial charge is 0.133 e. The van der Waals surface area contributed by atoms with Gasteiger partial charge in [-0.25, -0.2) is 9.97 Å². The summed E-state index contributed by atoms with van der Waals surface area (Å²) in [7, 11) is 1.88. The molecule has 2 heterocycles. The Morgan fingerprint density at radius 2 is 2.29 bits per heavy atom. The van der Waals surface area contributed by atoms with Crippen molar-refractivity contribution in [2.45, 2.75) is 24.1 Å². The van der Waals surface area contributed by atoms with Crippen molar-refractivity contribution in [1.29, 1.82) is 0 Å². The third kappa shape index (κ3) is 2.79. The summed E-state index contributed by atoms with van der Waals surface area (Å²) in [5.74, 6) is 2.66. The standard InChI is InChI=1S/C12H15N3OS/c1-3-10-11(13-2)14-8-15-12(10)17-7-9-5-4-6-16-9/h4-6,8H,3,7H2,1-2H3,(H,13,14,15). The number of anilines is 1. The summed E-state index contributed by atoms with van der Waals surface area (Å²) in [6, 6.07) is 3.87. The summed E-state index contributed by atoms with van der Waals surface area (Å²) in [6.45, 7) is 2.11. The Bertz CT molecular complexity index is 471. The van der Waals surface area contributed by atoms with Crippen LogP contribution in [0.1, 0.15) is 18.2 Å². The fourth-order valence-corrected chi connectivity index (χ4v) is 2.57. The summed E-state index contributed by atoms with van der Waals surface area (Å²) < 4.78 is 5.31. The molecule has 17 heavy (non-hydrogen) atoms. The molecule has 0 aliphatic carbocycles. The predicted molar refractivity (Wildman–Crippen MR) is 69.2 cm³/mol. The molecule has 0 unspecified atom stereocenters. The maximum Gasteiger partial charge on any atom is 0.133 e. The van der Waals surface area contributed by atoms with Crippen LogP contribution in [0.2, 0.25) is 0 Å². The van der Waals surface area contributed by atoms with Crippen molar-refractivity contribution in [2.75, 3.05) is 12.4 Å². The number of thioether (sulfide) groups is 1. The van der Waals surface area contributed by atoms with Crippen molar-refractivity contribution >= 4 is 17.6 Å². The van der Waals surface area contributed by atoms with E-state index in [1.165, 1.54) is 0 Å². The van der Waals surface area contributed by atoms with Gasteiger partial charge in [-0.1, -0.05) is 18.7 Å². The number of nitrogens with one attached hydrogen (secondary N) is 1. The SMILES string of the molecule is CCc1c(NC)ncnc1SCc1ccco1. The number of hydrogen-bond donors (Lipinski definition) is 1. The zero-order valence-corrected chi connectivity index (χ0v) is 10.8. The molecule has 2 rings (SSSR count). The molecule has 2 aromatic rings. The monoisotopic (exact) mass is 249 g/mol. The van der Waals surface area contributed by atoms with Gasteiger partial charge in [0, 0.05) is 12.6 Å². The van der Waals surface area contributed by atoms with E-state index in [9.17, 15) is 0 Å². The average molecular weight is 249 g/mol. The molecule has 0 radical (unpaired) electrons. The van der Waals surface area contributed by atoms with E-state index in [0.29, 0.717) is 0 Å². The van der Waals surface area contributed by atoms with Gasteiger partial charge in [0.05, 0.1) is 12.0 Å². The second-order valence-electron chi connectivity index (χ2n) is 3.48. The highest BCUT2D eigenvalue weighted by Gasteiger charge is 2.09. The van der Waals surface area contributed by atoms with E-state index >= 15 is 0 Å². The van der Waals surface area contributed by atoms with Gasteiger partial charge < -0.3 is 9.73 Å². The third-order valence-corrected chi connectivity index (χ3v) is 3.48. The molecule has 4 nitrogen and oxygen atoms in total. The summed E-state index contributed by atoms with van der Waals surface area (Å²) in [5.41, 5.74) is 1.16. The fourth-order valence-electron chi connectivity index (χ4n) is 1.59. The van der Waals surface area contributed by atoms with Gasteiger partial charge in [-0.2, -0.15) is 0 Å². The Hall–Kier alpha value is -1.49. The Balaban J connectivity index is 2.14. The highest BCUT2D eigenvalue weighted by molar-refractivity contribution is 7.98. The minimum atomic E-state index is 0.792. The molecule has 0 saturated carbocycles. The van der Waals surface area contributed by atoms with Gasteiger partial charge in [0.15, 0.2) is 0 Å². The number of furan rings is 1. The van der Waals surface area contributed by atoms with Crippen LogP contribution in [0.4, 0.5) is 5.82 Å². The lowest BCUT2D eigenvalue weighted by Crippen LogP contribution is -2.01. The van der Waals surface area contributed by atoms with Gasteiger partial charge in [0.1, 0.15) is 22.9 Å². The number of rotatable bonds is 5. The average Bonchev–Trinajstić information content (AvgIpc) is 2.88. The highest BCUT2D eigenvalue weighted by Crippen LogP contribution is 2.27. The molecule has 0 spiro atoms. The molecule has 0 atom stereocenters. The second kappa shape index (κ2) is 5.72. The zero-order chi connectivity index (χ0) is 12.1.